The first kappa shape index (κ1) is 32.8. The summed E-state index contributed by atoms with van der Waals surface area (Å²) in [6, 6.07) is 9.78. The minimum Gasteiger partial charge on any atom is -0.484 e. The van der Waals surface area contributed by atoms with Crippen molar-refractivity contribution in [2.24, 2.45) is 7.05 Å². The molecule has 0 unspecified atom stereocenters. The van der Waals surface area contributed by atoms with E-state index >= 15 is 0 Å². The second-order valence-corrected chi connectivity index (χ2v) is 11.9. The van der Waals surface area contributed by atoms with E-state index in [0.29, 0.717) is 61.8 Å². The molecular weight excluding hydrogens is 591 g/mol. The van der Waals surface area contributed by atoms with Gasteiger partial charge in [-0.3, -0.25) is 24.0 Å². The highest BCUT2D eigenvalue weighted by atomic mass is 19.1. The average molecular weight is 633 g/mol. The molecule has 3 heterocycles. The summed E-state index contributed by atoms with van der Waals surface area (Å²) in [4.78, 5) is 43.2. The molecule has 5 rings (SSSR count). The summed E-state index contributed by atoms with van der Waals surface area (Å²) in [5, 5.41) is 9.91. The fourth-order valence-corrected chi connectivity index (χ4v) is 5.67. The number of carbonyl (C=O) groups excluding carboxylic acids is 3. The van der Waals surface area contributed by atoms with Crippen LogP contribution in [0.2, 0.25) is 0 Å². The molecule has 244 valence electrons. The molecule has 0 radical (unpaired) electrons. The van der Waals surface area contributed by atoms with Crippen LogP contribution in [-0.4, -0.2) is 88.8 Å². The topological polar surface area (TPSA) is 118 Å². The molecule has 0 saturated carbocycles. The highest BCUT2D eigenvalue weighted by Crippen LogP contribution is 2.31. The molecule has 2 aromatic carbocycles. The highest BCUT2D eigenvalue weighted by molar-refractivity contribution is 6.07. The third kappa shape index (κ3) is 7.63. The number of benzene rings is 2. The maximum Gasteiger partial charge on any atom is 0.257 e. The minimum atomic E-state index is -0.668. The van der Waals surface area contributed by atoms with Crippen molar-refractivity contribution in [3.8, 4) is 5.75 Å². The molecule has 2 aliphatic heterocycles. The number of aryl methyl sites for hydroxylation is 3. The summed E-state index contributed by atoms with van der Waals surface area (Å²) in [6.45, 7) is 12.1. The maximum atomic E-state index is 14.9. The van der Waals surface area contributed by atoms with Gasteiger partial charge in [-0.25, -0.2) is 4.39 Å². The van der Waals surface area contributed by atoms with Crippen molar-refractivity contribution < 1.29 is 28.2 Å². The molecule has 0 spiro atoms. The van der Waals surface area contributed by atoms with Crippen LogP contribution in [0.3, 0.4) is 0 Å². The number of nitrogens with one attached hydrogen (secondary N) is 2. The molecule has 2 saturated heterocycles. The summed E-state index contributed by atoms with van der Waals surface area (Å²) in [5.41, 5.74) is 2.15. The molecule has 1 aromatic heterocycles. The zero-order valence-corrected chi connectivity index (χ0v) is 26.7. The zero-order chi connectivity index (χ0) is 33.0. The lowest BCUT2D eigenvalue weighted by molar-refractivity contribution is -0.130. The van der Waals surface area contributed by atoms with E-state index < -0.39 is 17.9 Å². The van der Waals surface area contributed by atoms with Gasteiger partial charge in [0.05, 0.1) is 11.7 Å². The summed E-state index contributed by atoms with van der Waals surface area (Å²) in [7, 11) is 1.75. The van der Waals surface area contributed by atoms with Crippen LogP contribution in [0.5, 0.6) is 5.75 Å². The van der Waals surface area contributed by atoms with Crippen LogP contribution >= 0.6 is 0 Å². The predicted molar refractivity (Wildman–Crippen MR) is 171 cm³/mol. The molecule has 3 amide bonds. The van der Waals surface area contributed by atoms with Gasteiger partial charge in [0.15, 0.2) is 5.82 Å². The van der Waals surface area contributed by atoms with E-state index in [1.165, 1.54) is 18.2 Å². The van der Waals surface area contributed by atoms with Crippen LogP contribution in [0, 0.1) is 19.7 Å². The van der Waals surface area contributed by atoms with E-state index in [1.807, 2.05) is 13.0 Å². The van der Waals surface area contributed by atoms with Crippen molar-refractivity contribution in [3.05, 3.63) is 88.9 Å². The van der Waals surface area contributed by atoms with Gasteiger partial charge >= 0.3 is 0 Å². The predicted octanol–water partition coefficient (Wildman–Crippen LogP) is 3.79. The largest absolute Gasteiger partial charge is 0.484 e. The molecule has 11 nitrogen and oxygen atoms in total. The number of rotatable bonds is 11. The Kier molecular flexibility index (Phi) is 10.2. The number of anilines is 1. The zero-order valence-electron chi connectivity index (χ0n) is 26.7. The number of hydrogen-bond acceptors (Lipinski definition) is 7. The van der Waals surface area contributed by atoms with Crippen LogP contribution in [0.15, 0.2) is 55.3 Å². The third-order valence-corrected chi connectivity index (χ3v) is 8.48. The lowest BCUT2D eigenvalue weighted by atomic mass is 10.0. The van der Waals surface area contributed by atoms with Crippen LogP contribution in [0.25, 0.3) is 0 Å². The first-order valence-corrected chi connectivity index (χ1v) is 15.5. The molecule has 46 heavy (non-hydrogen) atoms. The Morgan fingerprint density at radius 1 is 1.13 bits per heavy atom. The number of nitrogens with zero attached hydrogens (tertiary/aromatic N) is 4. The Morgan fingerprint density at radius 2 is 1.91 bits per heavy atom. The van der Waals surface area contributed by atoms with E-state index in [-0.39, 0.29) is 40.7 Å². The summed E-state index contributed by atoms with van der Waals surface area (Å²) in [5.74, 6) is -0.679. The number of ether oxygens (including phenoxy) is 2. The first-order chi connectivity index (χ1) is 22.0. The van der Waals surface area contributed by atoms with Crippen molar-refractivity contribution >= 4 is 23.5 Å². The second kappa shape index (κ2) is 14.3. The van der Waals surface area contributed by atoms with Crippen molar-refractivity contribution in [2.45, 2.75) is 45.4 Å². The van der Waals surface area contributed by atoms with E-state index in [9.17, 15) is 18.8 Å². The number of hydrogen-bond donors (Lipinski definition) is 2. The second-order valence-electron chi connectivity index (χ2n) is 11.9. The van der Waals surface area contributed by atoms with Crippen molar-refractivity contribution in [2.75, 3.05) is 44.6 Å². The summed E-state index contributed by atoms with van der Waals surface area (Å²) >= 11 is 0. The summed E-state index contributed by atoms with van der Waals surface area (Å²) < 4.78 is 28.5. The minimum absolute atomic E-state index is 0.0659. The van der Waals surface area contributed by atoms with Gasteiger partial charge < -0.3 is 25.0 Å². The first-order valence-electron chi connectivity index (χ1n) is 15.5. The number of carbonyl (C=O) groups is 3. The molecule has 0 bridgehead atoms. The SMILES string of the molecule is C=CC(=O)N1CCN(C[C@@H](Oc2cc(C)c(C(=O)Nc3ccn(C)n3)cc2C(=O)NC[C@@H]2CCO2)c2ccc(C)c(F)c2)C[C@H]1C. The van der Waals surface area contributed by atoms with Crippen molar-refractivity contribution in [1.29, 1.82) is 0 Å². The third-order valence-electron chi connectivity index (χ3n) is 8.48. The molecule has 3 aromatic rings. The monoisotopic (exact) mass is 632 g/mol. The van der Waals surface area contributed by atoms with Gasteiger partial charge in [0, 0.05) is 70.2 Å². The van der Waals surface area contributed by atoms with Crippen LogP contribution in [0.4, 0.5) is 10.2 Å². The van der Waals surface area contributed by atoms with Crippen LogP contribution in [0.1, 0.15) is 56.9 Å². The molecule has 12 heteroatoms. The Labute approximate surface area is 268 Å². The molecule has 0 aliphatic carbocycles. The number of aromatic nitrogens is 2. The van der Waals surface area contributed by atoms with Gasteiger partial charge in [-0.1, -0.05) is 18.7 Å². The number of amides is 3. The van der Waals surface area contributed by atoms with Gasteiger partial charge in [-0.05, 0) is 68.2 Å². The van der Waals surface area contributed by atoms with Gasteiger partial charge in [0.25, 0.3) is 11.8 Å². The van der Waals surface area contributed by atoms with Crippen LogP contribution in [-0.2, 0) is 16.6 Å². The van der Waals surface area contributed by atoms with Gasteiger partial charge in [-0.15, -0.1) is 0 Å². The number of piperazine rings is 1. The fourth-order valence-electron chi connectivity index (χ4n) is 5.67. The highest BCUT2D eigenvalue weighted by Gasteiger charge is 2.30. The molecule has 2 fully saturated rings. The summed E-state index contributed by atoms with van der Waals surface area (Å²) in [6.07, 6.45) is 3.15. The number of halogens is 1. The van der Waals surface area contributed by atoms with Crippen molar-refractivity contribution in [1.82, 2.24) is 24.9 Å². The molecular formula is C34H41FN6O5. The van der Waals surface area contributed by atoms with Crippen LogP contribution < -0.4 is 15.4 Å². The lowest BCUT2D eigenvalue weighted by Gasteiger charge is -2.40. The normalized spacial score (nSPS) is 18.8. The Balaban J connectivity index is 1.46. The van der Waals surface area contributed by atoms with Gasteiger partial charge in [0.2, 0.25) is 5.91 Å². The van der Waals surface area contributed by atoms with Gasteiger partial charge in [-0.2, -0.15) is 5.10 Å². The Bertz CT molecular complexity index is 1620. The van der Waals surface area contributed by atoms with E-state index in [1.54, 1.807) is 54.9 Å². The maximum absolute atomic E-state index is 14.9. The molecule has 2 aliphatic rings. The standard InChI is InChI=1S/C34H41FN6O5/c1-6-32(42)41-13-12-40(19-23(41)4)20-30(24-8-7-21(2)28(35)16-24)46-29-15-22(3)26(34(44)37-31-9-11-39(5)38-31)17-27(29)33(43)36-18-25-10-14-45-25/h6-9,11,15-17,23,25,30H,1,10,12-14,18-20H2,2-5H3,(H,36,43)(H,37,38,44)/t23-,25+,30-/m1/s1. The fraction of sp³-hybridized carbons (Fsp3) is 0.412. The molecule has 2 N–H and O–H groups in total. The van der Waals surface area contributed by atoms with E-state index in [0.717, 1.165) is 6.42 Å². The lowest BCUT2D eigenvalue weighted by Crippen LogP contribution is -2.54. The van der Waals surface area contributed by atoms with Gasteiger partial charge in [0.1, 0.15) is 17.7 Å². The van der Waals surface area contributed by atoms with Crippen molar-refractivity contribution in [3.63, 3.8) is 0 Å². The quantitative estimate of drug-likeness (QED) is 0.309. The Hall–Kier alpha value is -4.55. The Morgan fingerprint density at radius 3 is 2.54 bits per heavy atom. The van der Waals surface area contributed by atoms with E-state index in [4.69, 9.17) is 9.47 Å². The molecule has 3 atom stereocenters. The average Bonchev–Trinajstić information content (AvgIpc) is 3.41. The van der Waals surface area contributed by atoms with E-state index in [2.05, 4.69) is 27.2 Å². The smallest absolute Gasteiger partial charge is 0.257 e.